The number of ether oxygens (including phenoxy) is 2. The van der Waals surface area contributed by atoms with Gasteiger partial charge in [-0.2, -0.15) is 0 Å². The molecule has 2 atom stereocenters. The summed E-state index contributed by atoms with van der Waals surface area (Å²) in [4.78, 5) is 12.8. The molecule has 0 saturated heterocycles. The molecule has 0 bridgehead atoms. The minimum Gasteiger partial charge on any atom is -0.457 e. The standard InChI is InChI=1S/C21H20Cl2O3/c1-20(2)17(13-18(22)23)21(20,3)19(24)26-16-11-7-10-15(12-16)25-14-8-5-4-6-9-14/h4-13,17H,1-3H3/t17-,21+/m1/s1. The fourth-order valence-corrected chi connectivity index (χ4v) is 3.61. The molecule has 1 fully saturated rings. The van der Waals surface area contributed by atoms with Crippen LogP contribution in [-0.4, -0.2) is 5.97 Å². The van der Waals surface area contributed by atoms with Gasteiger partial charge in [0.25, 0.3) is 0 Å². The summed E-state index contributed by atoms with van der Waals surface area (Å²) in [6.07, 6.45) is 1.71. The molecule has 2 aromatic rings. The Balaban J connectivity index is 1.74. The molecule has 1 aliphatic carbocycles. The monoisotopic (exact) mass is 390 g/mol. The summed E-state index contributed by atoms with van der Waals surface area (Å²) in [6.45, 7) is 5.87. The molecule has 1 aliphatic rings. The first-order valence-corrected chi connectivity index (χ1v) is 9.09. The van der Waals surface area contributed by atoms with Gasteiger partial charge in [0.1, 0.15) is 21.7 Å². The number of esters is 1. The lowest BCUT2D eigenvalue weighted by Gasteiger charge is -2.14. The highest BCUT2D eigenvalue weighted by Gasteiger charge is 2.72. The number of allylic oxidation sites excluding steroid dienone is 1. The minimum absolute atomic E-state index is 0.0729. The number of hydrogen-bond acceptors (Lipinski definition) is 3. The highest BCUT2D eigenvalue weighted by atomic mass is 35.5. The van der Waals surface area contributed by atoms with Crippen molar-refractivity contribution in [3.63, 3.8) is 0 Å². The third kappa shape index (κ3) is 3.46. The molecule has 3 rings (SSSR count). The Morgan fingerprint density at radius 3 is 2.23 bits per heavy atom. The number of halogens is 2. The second kappa shape index (κ2) is 6.98. The average molecular weight is 391 g/mol. The molecule has 0 aromatic heterocycles. The summed E-state index contributed by atoms with van der Waals surface area (Å²) < 4.78 is 11.6. The summed E-state index contributed by atoms with van der Waals surface area (Å²) >= 11 is 11.6. The second-order valence-electron chi connectivity index (χ2n) is 7.14. The van der Waals surface area contributed by atoms with E-state index in [1.807, 2.05) is 57.2 Å². The molecular weight excluding hydrogens is 371 g/mol. The van der Waals surface area contributed by atoms with Crippen LogP contribution in [0.25, 0.3) is 0 Å². The van der Waals surface area contributed by atoms with E-state index in [0.717, 1.165) is 0 Å². The van der Waals surface area contributed by atoms with Gasteiger partial charge in [0, 0.05) is 12.0 Å². The molecule has 0 aliphatic heterocycles. The third-order valence-electron chi connectivity index (χ3n) is 5.37. The summed E-state index contributed by atoms with van der Waals surface area (Å²) in [5.41, 5.74) is -0.963. The maximum atomic E-state index is 12.8. The molecule has 1 saturated carbocycles. The molecule has 0 spiro atoms. The van der Waals surface area contributed by atoms with Gasteiger partial charge < -0.3 is 9.47 Å². The lowest BCUT2D eigenvalue weighted by molar-refractivity contribution is -0.141. The van der Waals surface area contributed by atoms with Gasteiger partial charge in [0.2, 0.25) is 0 Å². The van der Waals surface area contributed by atoms with E-state index in [2.05, 4.69) is 0 Å². The van der Waals surface area contributed by atoms with Crippen LogP contribution in [0, 0.1) is 16.7 Å². The van der Waals surface area contributed by atoms with E-state index < -0.39 is 5.41 Å². The van der Waals surface area contributed by atoms with Crippen LogP contribution >= 0.6 is 23.2 Å². The van der Waals surface area contributed by atoms with E-state index in [1.54, 1.807) is 24.3 Å². The maximum Gasteiger partial charge on any atom is 0.318 e. The molecule has 0 radical (unpaired) electrons. The highest BCUT2D eigenvalue weighted by Crippen LogP contribution is 2.70. The van der Waals surface area contributed by atoms with Gasteiger partial charge in [0.15, 0.2) is 0 Å². The van der Waals surface area contributed by atoms with E-state index in [0.29, 0.717) is 17.2 Å². The van der Waals surface area contributed by atoms with Crippen LogP contribution in [0.4, 0.5) is 0 Å². The Morgan fingerprint density at radius 1 is 0.962 bits per heavy atom. The zero-order chi connectivity index (χ0) is 18.9. The Labute approximate surface area is 163 Å². The summed E-state index contributed by atoms with van der Waals surface area (Å²) in [5.74, 6) is 1.37. The van der Waals surface area contributed by atoms with Crippen molar-refractivity contribution in [2.24, 2.45) is 16.7 Å². The largest absolute Gasteiger partial charge is 0.457 e. The number of carbonyl (C=O) groups excluding carboxylic acids is 1. The molecule has 136 valence electrons. The quantitative estimate of drug-likeness (QED) is 0.439. The minimum atomic E-state index is -0.682. The highest BCUT2D eigenvalue weighted by molar-refractivity contribution is 6.55. The number of para-hydroxylation sites is 1. The molecule has 26 heavy (non-hydrogen) atoms. The predicted molar refractivity (Wildman–Crippen MR) is 104 cm³/mol. The van der Waals surface area contributed by atoms with Crippen LogP contribution in [0.3, 0.4) is 0 Å². The van der Waals surface area contributed by atoms with E-state index in [9.17, 15) is 4.79 Å². The molecule has 0 N–H and O–H groups in total. The Bertz CT molecular complexity index is 841. The van der Waals surface area contributed by atoms with Crippen molar-refractivity contribution < 1.29 is 14.3 Å². The van der Waals surface area contributed by atoms with Gasteiger partial charge in [-0.3, -0.25) is 4.79 Å². The second-order valence-corrected chi connectivity index (χ2v) is 8.15. The van der Waals surface area contributed by atoms with Crippen molar-refractivity contribution in [1.82, 2.24) is 0 Å². The summed E-state index contributed by atoms with van der Waals surface area (Å²) in [6, 6.07) is 16.5. The van der Waals surface area contributed by atoms with Crippen molar-refractivity contribution in [3.05, 3.63) is 65.2 Å². The first-order chi connectivity index (χ1) is 12.2. The average Bonchev–Trinajstić information content (AvgIpc) is 3.02. The molecular formula is C21H20Cl2O3. The Hall–Kier alpha value is -1.97. The Kier molecular flexibility index (Phi) is 5.05. The van der Waals surface area contributed by atoms with Crippen LogP contribution < -0.4 is 9.47 Å². The van der Waals surface area contributed by atoms with Crippen LogP contribution in [0.5, 0.6) is 17.2 Å². The lowest BCUT2D eigenvalue weighted by Crippen LogP contribution is -2.24. The van der Waals surface area contributed by atoms with Gasteiger partial charge in [-0.1, -0.05) is 61.3 Å². The molecule has 0 heterocycles. The Morgan fingerprint density at radius 2 is 1.58 bits per heavy atom. The first kappa shape index (κ1) is 18.8. The van der Waals surface area contributed by atoms with Crippen molar-refractivity contribution in [3.8, 4) is 17.2 Å². The number of rotatable bonds is 5. The van der Waals surface area contributed by atoms with E-state index >= 15 is 0 Å². The predicted octanol–water partition coefficient (Wildman–Crippen LogP) is 6.37. The van der Waals surface area contributed by atoms with Crippen LogP contribution in [0.1, 0.15) is 20.8 Å². The maximum absolute atomic E-state index is 12.8. The first-order valence-electron chi connectivity index (χ1n) is 8.33. The van der Waals surface area contributed by atoms with Crippen LogP contribution in [0.2, 0.25) is 0 Å². The van der Waals surface area contributed by atoms with Crippen molar-refractivity contribution >= 4 is 29.2 Å². The molecule has 3 nitrogen and oxygen atoms in total. The zero-order valence-electron chi connectivity index (χ0n) is 14.8. The number of carbonyl (C=O) groups is 1. The zero-order valence-corrected chi connectivity index (χ0v) is 16.3. The lowest BCUT2D eigenvalue weighted by atomic mass is 9.98. The SMILES string of the molecule is CC1(C)[C@@H](C=C(Cl)Cl)[C@@]1(C)C(=O)Oc1cccc(Oc2ccccc2)c1. The van der Waals surface area contributed by atoms with Crippen molar-refractivity contribution in [2.75, 3.05) is 0 Å². The van der Waals surface area contributed by atoms with Crippen LogP contribution in [-0.2, 0) is 4.79 Å². The van der Waals surface area contributed by atoms with E-state index in [-0.39, 0.29) is 21.8 Å². The topological polar surface area (TPSA) is 35.5 Å². The normalized spacial score (nSPS) is 23.0. The van der Waals surface area contributed by atoms with Crippen molar-refractivity contribution in [1.29, 1.82) is 0 Å². The number of hydrogen-bond donors (Lipinski definition) is 0. The number of benzene rings is 2. The molecule has 2 aromatic carbocycles. The van der Waals surface area contributed by atoms with Gasteiger partial charge in [-0.25, -0.2) is 0 Å². The summed E-state index contributed by atoms with van der Waals surface area (Å²) in [7, 11) is 0. The van der Waals surface area contributed by atoms with Gasteiger partial charge in [-0.15, -0.1) is 0 Å². The van der Waals surface area contributed by atoms with Crippen LogP contribution in [0.15, 0.2) is 65.2 Å². The molecule has 0 amide bonds. The van der Waals surface area contributed by atoms with E-state index in [4.69, 9.17) is 32.7 Å². The van der Waals surface area contributed by atoms with Gasteiger partial charge in [0.05, 0.1) is 5.41 Å². The van der Waals surface area contributed by atoms with Crippen molar-refractivity contribution in [2.45, 2.75) is 20.8 Å². The molecule has 0 unspecified atom stereocenters. The van der Waals surface area contributed by atoms with Gasteiger partial charge in [-0.05, 0) is 42.7 Å². The fraction of sp³-hybridized carbons (Fsp3) is 0.286. The molecule has 5 heteroatoms. The van der Waals surface area contributed by atoms with Gasteiger partial charge >= 0.3 is 5.97 Å². The third-order valence-corrected chi connectivity index (χ3v) is 5.62. The smallest absolute Gasteiger partial charge is 0.318 e. The van der Waals surface area contributed by atoms with E-state index in [1.165, 1.54) is 0 Å². The summed E-state index contributed by atoms with van der Waals surface area (Å²) in [5, 5.41) is 0. The fourth-order valence-electron chi connectivity index (χ4n) is 3.36.